The smallest absolute Gasteiger partial charge is 0.377 e. The SMILES string of the molecule is CC(C)(C)O.CCC(C)[N]=[Nb].OC(C(F)(F)F)C(F)(F)F.[CH3-]. The van der Waals surface area contributed by atoms with Gasteiger partial charge in [-0.25, -0.2) is 0 Å². The molecule has 22 heavy (non-hydrogen) atoms. The van der Waals surface area contributed by atoms with E-state index >= 15 is 0 Å². The van der Waals surface area contributed by atoms with Crippen molar-refractivity contribution in [3.8, 4) is 0 Å². The van der Waals surface area contributed by atoms with Gasteiger partial charge in [0.25, 0.3) is 0 Å². The maximum Gasteiger partial charge on any atom is 0.423 e. The average molecular weight is 421 g/mol. The van der Waals surface area contributed by atoms with Gasteiger partial charge >= 0.3 is 62.9 Å². The van der Waals surface area contributed by atoms with Crippen LogP contribution < -0.4 is 0 Å². The van der Waals surface area contributed by atoms with E-state index in [1.807, 2.05) is 0 Å². The summed E-state index contributed by atoms with van der Waals surface area (Å²) in [6.07, 6.45) is -14.3. The van der Waals surface area contributed by atoms with Gasteiger partial charge in [0, 0.05) is 0 Å². The molecule has 2 N–H and O–H groups in total. The van der Waals surface area contributed by atoms with E-state index in [2.05, 4.69) is 17.2 Å². The summed E-state index contributed by atoms with van der Waals surface area (Å²) in [6.45, 7) is 9.50. The van der Waals surface area contributed by atoms with Crippen molar-refractivity contribution in [1.29, 1.82) is 0 Å². The molecule has 1 atom stereocenters. The first-order valence-electron chi connectivity index (χ1n) is 5.84. The molecule has 0 heterocycles. The van der Waals surface area contributed by atoms with Crippen LogP contribution in [-0.2, 0) is 20.9 Å². The Morgan fingerprint density at radius 2 is 1.23 bits per heavy atom. The molecule has 0 fully saturated rings. The molecule has 0 aliphatic rings. The maximum atomic E-state index is 11.0. The third-order valence-corrected chi connectivity index (χ3v) is 2.38. The number of hydrogen-bond acceptors (Lipinski definition) is 3. The van der Waals surface area contributed by atoms with Crippen molar-refractivity contribution >= 4 is 0 Å². The normalized spacial score (nSPS) is 13.0. The Morgan fingerprint density at radius 3 is 1.23 bits per heavy atom. The molecule has 137 valence electrons. The fourth-order valence-electron chi connectivity index (χ4n) is 0.267. The summed E-state index contributed by atoms with van der Waals surface area (Å²) in [5, 5.41) is 16.0. The van der Waals surface area contributed by atoms with E-state index in [0.717, 1.165) is 0 Å². The Kier molecular flexibility index (Phi) is 17.0. The van der Waals surface area contributed by atoms with Gasteiger partial charge < -0.3 is 17.6 Å². The predicted octanol–water partition coefficient (Wildman–Crippen LogP) is 4.21. The topological polar surface area (TPSA) is 52.8 Å². The number of halogens is 6. The molecule has 0 saturated heterocycles. The van der Waals surface area contributed by atoms with E-state index in [1.54, 1.807) is 41.7 Å². The van der Waals surface area contributed by atoms with Crippen molar-refractivity contribution in [3.63, 3.8) is 0 Å². The van der Waals surface area contributed by atoms with E-state index in [4.69, 9.17) is 10.2 Å². The molecule has 3 nitrogen and oxygen atoms in total. The Hall–Kier alpha value is 0.0403. The van der Waals surface area contributed by atoms with Gasteiger partial charge in [-0.1, -0.05) is 0 Å². The Bertz CT molecular complexity index is 256. The van der Waals surface area contributed by atoms with Gasteiger partial charge in [-0.2, -0.15) is 26.3 Å². The molecule has 0 aliphatic carbocycles. The first-order valence-corrected chi connectivity index (χ1v) is 6.83. The van der Waals surface area contributed by atoms with E-state index in [9.17, 15) is 26.3 Å². The minimum atomic E-state index is -5.63. The predicted molar refractivity (Wildman–Crippen MR) is 68.7 cm³/mol. The monoisotopic (exact) mass is 421 g/mol. The van der Waals surface area contributed by atoms with Crippen LogP contribution in [0.4, 0.5) is 26.3 Å². The largest absolute Gasteiger partial charge is 0.423 e. The average Bonchev–Trinajstić information content (AvgIpc) is 2.23. The second-order valence-corrected chi connectivity index (χ2v) is 5.60. The molecular formula is C12H24F6NNbO2-. The quantitative estimate of drug-likeness (QED) is 0.399. The van der Waals surface area contributed by atoms with Crippen LogP contribution in [0.3, 0.4) is 0 Å². The molecular weight excluding hydrogens is 397 g/mol. The van der Waals surface area contributed by atoms with Crippen molar-refractivity contribution < 1.29 is 57.4 Å². The first kappa shape index (κ1) is 30.0. The second kappa shape index (κ2) is 12.5. The van der Waals surface area contributed by atoms with Gasteiger partial charge in [0.1, 0.15) is 0 Å². The molecule has 0 saturated carbocycles. The standard InChI is InChI=1S/C4H9N.C4H10O.C3H2F6O.CH3.Nb/c1-3-4(2)5;1-4(2,3)5;4-2(5,6)1(10)3(7,8)9;;/h4H,3H2,1-2H3;5H,1-3H3;1,10H;1H3;/q;;;-1;. The molecule has 1 unspecified atom stereocenters. The zero-order valence-corrected chi connectivity index (χ0v) is 15.6. The van der Waals surface area contributed by atoms with Crippen molar-refractivity contribution in [1.82, 2.24) is 0 Å². The molecule has 0 aromatic heterocycles. The van der Waals surface area contributed by atoms with Gasteiger partial charge in [-0.15, -0.1) is 0 Å². The molecule has 10 heteroatoms. The van der Waals surface area contributed by atoms with Crippen LogP contribution in [0.1, 0.15) is 41.0 Å². The molecule has 0 aromatic carbocycles. The fraction of sp³-hybridized carbons (Fsp3) is 0.917. The van der Waals surface area contributed by atoms with Crippen LogP contribution in [0.5, 0.6) is 0 Å². The number of alkyl halides is 6. The summed E-state index contributed by atoms with van der Waals surface area (Å²) in [4.78, 5) is 0. The molecule has 0 aliphatic heterocycles. The van der Waals surface area contributed by atoms with Crippen molar-refractivity contribution in [3.05, 3.63) is 7.43 Å². The van der Waals surface area contributed by atoms with Gasteiger partial charge in [0.05, 0.1) is 5.60 Å². The van der Waals surface area contributed by atoms with Gasteiger partial charge in [-0.05, 0) is 20.8 Å². The second-order valence-electron chi connectivity index (χ2n) is 5.03. The first-order chi connectivity index (χ1) is 8.96. The third kappa shape index (κ3) is 28.2. The van der Waals surface area contributed by atoms with Gasteiger partial charge in [0.15, 0.2) is 0 Å². The van der Waals surface area contributed by atoms with E-state index < -0.39 is 24.1 Å². The van der Waals surface area contributed by atoms with Gasteiger partial charge in [0.2, 0.25) is 6.10 Å². The van der Waals surface area contributed by atoms with Crippen LogP contribution in [0.2, 0.25) is 0 Å². The molecule has 0 amide bonds. The van der Waals surface area contributed by atoms with E-state index in [1.165, 1.54) is 6.42 Å². The Morgan fingerprint density at radius 1 is 1.00 bits per heavy atom. The van der Waals surface area contributed by atoms with Crippen LogP contribution in [0.25, 0.3) is 0 Å². The van der Waals surface area contributed by atoms with E-state index in [0.29, 0.717) is 6.04 Å². The summed E-state index contributed by atoms with van der Waals surface area (Å²) in [6, 6.07) is 0.582. The zero-order chi connectivity index (χ0) is 18.1. The summed E-state index contributed by atoms with van der Waals surface area (Å²) in [5.41, 5.74) is -0.500. The van der Waals surface area contributed by atoms with E-state index in [-0.39, 0.29) is 7.43 Å². The minimum absolute atomic E-state index is 0. The molecule has 0 spiro atoms. The Labute approximate surface area is 139 Å². The summed E-state index contributed by atoms with van der Waals surface area (Å²) in [5.74, 6) is 0. The molecule has 0 aromatic rings. The van der Waals surface area contributed by atoms with Crippen LogP contribution >= 0.6 is 0 Å². The van der Waals surface area contributed by atoms with Crippen LogP contribution in [0, 0.1) is 7.43 Å². The summed E-state index contributed by atoms with van der Waals surface area (Å²) in [7, 11) is 0. The number of hydrogen-bond donors (Lipinski definition) is 2. The molecule has 0 radical (unpaired) electrons. The van der Waals surface area contributed by atoms with Crippen molar-refractivity contribution in [2.45, 2.75) is 71.1 Å². The van der Waals surface area contributed by atoms with Gasteiger partial charge in [-0.3, -0.25) is 0 Å². The van der Waals surface area contributed by atoms with Crippen LogP contribution in [-0.4, -0.2) is 40.3 Å². The van der Waals surface area contributed by atoms with Crippen LogP contribution in [0.15, 0.2) is 3.34 Å². The zero-order valence-electron chi connectivity index (χ0n) is 13.4. The number of nitrogens with zero attached hydrogens (tertiary/aromatic N) is 1. The molecule has 0 bridgehead atoms. The number of rotatable bonds is 2. The fourth-order valence-corrected chi connectivity index (χ4v) is 0.669. The molecule has 0 rings (SSSR count). The van der Waals surface area contributed by atoms with Crippen molar-refractivity contribution in [2.75, 3.05) is 0 Å². The number of aliphatic hydroxyl groups is 2. The Balaban J connectivity index is -0.000000117. The maximum absolute atomic E-state index is 11.0. The van der Waals surface area contributed by atoms with Crippen molar-refractivity contribution in [2.24, 2.45) is 3.34 Å². The third-order valence-electron chi connectivity index (χ3n) is 1.41. The number of aliphatic hydroxyl groups excluding tert-OH is 1. The minimum Gasteiger partial charge on any atom is -0.377 e. The summed E-state index contributed by atoms with van der Waals surface area (Å²) >= 11 is 1.55. The summed E-state index contributed by atoms with van der Waals surface area (Å²) < 4.78 is 69.9.